The number of benzene rings is 1. The first-order valence-electron chi connectivity index (χ1n) is 20.1. The van der Waals surface area contributed by atoms with Gasteiger partial charge in [0.15, 0.2) is 0 Å². The first kappa shape index (κ1) is 40.9. The summed E-state index contributed by atoms with van der Waals surface area (Å²) in [7, 11) is 1.68. The molecular formula is C43H55FN6O6S. The average molecular weight is 803 g/mol. The van der Waals surface area contributed by atoms with Crippen LogP contribution in [-0.4, -0.2) is 82.5 Å². The van der Waals surface area contributed by atoms with Gasteiger partial charge in [-0.2, -0.15) is 0 Å². The van der Waals surface area contributed by atoms with Crippen molar-refractivity contribution < 1.29 is 33.0 Å². The van der Waals surface area contributed by atoms with Gasteiger partial charge in [0.05, 0.1) is 36.4 Å². The Bertz CT molecular complexity index is 2130. The first-order valence-corrected chi connectivity index (χ1v) is 21.0. The molecule has 7 rings (SSSR count). The van der Waals surface area contributed by atoms with Gasteiger partial charge >= 0.3 is 5.97 Å². The number of esters is 1. The van der Waals surface area contributed by atoms with Crippen molar-refractivity contribution in [3.05, 3.63) is 58.2 Å². The van der Waals surface area contributed by atoms with E-state index in [9.17, 15) is 18.8 Å². The van der Waals surface area contributed by atoms with Crippen molar-refractivity contribution in [3.8, 4) is 22.5 Å². The molecule has 2 amide bonds. The van der Waals surface area contributed by atoms with E-state index < -0.39 is 41.7 Å². The number of cyclic esters (lactones) is 1. The number of fused-ring (bicyclic) bond motifs is 6. The summed E-state index contributed by atoms with van der Waals surface area (Å²) in [6, 6.07) is 8.27. The molecular weight excluding hydrogens is 748 g/mol. The van der Waals surface area contributed by atoms with Crippen LogP contribution in [0, 0.1) is 23.2 Å². The Hall–Kier alpha value is -4.24. The number of rotatable bonds is 9. The van der Waals surface area contributed by atoms with Crippen LogP contribution in [0.3, 0.4) is 0 Å². The van der Waals surface area contributed by atoms with E-state index in [1.807, 2.05) is 38.3 Å². The third kappa shape index (κ3) is 8.23. The molecule has 2 fully saturated rings. The molecule has 1 saturated carbocycles. The van der Waals surface area contributed by atoms with E-state index in [2.05, 4.69) is 54.3 Å². The molecule has 1 aromatic carbocycles. The number of ether oxygens (including phenoxy) is 3. The topological polar surface area (TPSA) is 137 Å². The molecule has 0 spiro atoms. The summed E-state index contributed by atoms with van der Waals surface area (Å²) in [6.07, 6.45) is 0.644. The molecule has 0 unspecified atom stereocenters. The Morgan fingerprint density at radius 2 is 1.96 bits per heavy atom. The zero-order chi connectivity index (χ0) is 40.8. The molecule has 1 saturated heterocycles. The minimum atomic E-state index is -1.34. The number of amides is 2. The Kier molecular flexibility index (Phi) is 11.9. The van der Waals surface area contributed by atoms with Crippen LogP contribution in [-0.2, 0) is 41.6 Å². The van der Waals surface area contributed by atoms with Gasteiger partial charge in [-0.15, -0.1) is 11.3 Å². The molecule has 12 nitrogen and oxygen atoms in total. The fraction of sp³-hybridized carbons (Fsp3) is 0.558. The number of halogens is 1. The summed E-state index contributed by atoms with van der Waals surface area (Å²) in [5.74, 6) is -1.18. The number of hydrogen-bond acceptors (Lipinski definition) is 10. The van der Waals surface area contributed by atoms with Gasteiger partial charge in [0.25, 0.3) is 5.91 Å². The van der Waals surface area contributed by atoms with E-state index in [0.717, 1.165) is 39.0 Å². The molecule has 6 bridgehead atoms. The number of alkyl halides is 1. The van der Waals surface area contributed by atoms with E-state index in [-0.39, 0.29) is 43.0 Å². The fourth-order valence-electron chi connectivity index (χ4n) is 8.39. The van der Waals surface area contributed by atoms with E-state index >= 15 is 0 Å². The summed E-state index contributed by atoms with van der Waals surface area (Å²) >= 11 is 1.30. The second-order valence-corrected chi connectivity index (χ2v) is 17.6. The number of aromatic nitrogens is 3. The minimum absolute atomic E-state index is 0.132. The summed E-state index contributed by atoms with van der Waals surface area (Å²) in [5.41, 5.74) is 9.05. The number of thiazole rings is 1. The Balaban J connectivity index is 1.40. The van der Waals surface area contributed by atoms with Crippen molar-refractivity contribution in [2.75, 3.05) is 26.9 Å². The minimum Gasteiger partial charge on any atom is -0.464 e. The second-order valence-electron chi connectivity index (χ2n) is 16.7. The lowest BCUT2D eigenvalue weighted by Crippen LogP contribution is -2.61. The van der Waals surface area contributed by atoms with E-state index in [0.29, 0.717) is 43.1 Å². The van der Waals surface area contributed by atoms with Gasteiger partial charge in [-0.05, 0) is 81.7 Å². The molecule has 14 heteroatoms. The number of nitrogens with zero attached hydrogens (tertiary/aromatic N) is 4. The third-order valence-electron chi connectivity index (χ3n) is 11.9. The molecule has 3 aliphatic rings. The van der Waals surface area contributed by atoms with Gasteiger partial charge in [-0.3, -0.25) is 24.4 Å². The summed E-state index contributed by atoms with van der Waals surface area (Å²) < 4.78 is 34.9. The molecule has 4 aromatic rings. The fourth-order valence-corrected chi connectivity index (χ4v) is 9.30. The molecule has 2 aliphatic heterocycles. The smallest absolute Gasteiger partial charge is 0.324 e. The monoisotopic (exact) mass is 802 g/mol. The van der Waals surface area contributed by atoms with E-state index in [1.54, 1.807) is 13.3 Å². The number of aryl methyl sites for hydroxylation is 1. The second kappa shape index (κ2) is 16.6. The van der Waals surface area contributed by atoms with Crippen molar-refractivity contribution in [1.82, 2.24) is 30.3 Å². The molecule has 1 aliphatic carbocycles. The maximum Gasteiger partial charge on any atom is 0.324 e. The predicted molar refractivity (Wildman–Crippen MR) is 217 cm³/mol. The summed E-state index contributed by atoms with van der Waals surface area (Å²) in [6.45, 7) is 14.5. The Morgan fingerprint density at radius 1 is 1.19 bits per heavy atom. The SMILES string of the molecule is CCn1c(-c2cccnc2[C@H](C)OC)c2c3cc(ccc31)-c1csc(n1)[C@@H](OC[C@@H](C)F)[C@H](NC(=O)[C@H]1[C@H](C)[C@@H]1C)C(=O)N1CCC[C@H](N1)C(=O)OCC(C)(C)C2. The van der Waals surface area contributed by atoms with Crippen LogP contribution in [0.25, 0.3) is 33.4 Å². The normalized spacial score (nSPS) is 26.1. The molecule has 5 heterocycles. The van der Waals surface area contributed by atoms with Crippen LogP contribution < -0.4 is 10.7 Å². The molecule has 0 radical (unpaired) electrons. The number of nitrogens with one attached hydrogen (secondary N) is 2. The number of carbonyl (C=O) groups excluding carboxylic acids is 3. The number of methoxy groups -OCH3 is 1. The van der Waals surface area contributed by atoms with Gasteiger partial charge in [-0.25, -0.2) is 14.8 Å². The largest absolute Gasteiger partial charge is 0.464 e. The van der Waals surface area contributed by atoms with Crippen molar-refractivity contribution in [2.45, 2.75) is 105 Å². The number of pyridine rings is 1. The number of hydrogen-bond donors (Lipinski definition) is 2. The highest BCUT2D eigenvalue weighted by Crippen LogP contribution is 2.46. The van der Waals surface area contributed by atoms with E-state index in [4.69, 9.17) is 24.2 Å². The molecule has 2 N–H and O–H groups in total. The molecule has 57 heavy (non-hydrogen) atoms. The highest BCUT2D eigenvalue weighted by molar-refractivity contribution is 7.10. The lowest BCUT2D eigenvalue weighted by Gasteiger charge is -2.37. The van der Waals surface area contributed by atoms with Gasteiger partial charge in [0.1, 0.15) is 29.4 Å². The van der Waals surface area contributed by atoms with Crippen molar-refractivity contribution in [3.63, 3.8) is 0 Å². The Morgan fingerprint density at radius 3 is 2.67 bits per heavy atom. The highest BCUT2D eigenvalue weighted by Gasteiger charge is 2.50. The van der Waals surface area contributed by atoms with Gasteiger partial charge in [0.2, 0.25) is 5.91 Å². The van der Waals surface area contributed by atoms with Gasteiger partial charge in [0, 0.05) is 65.1 Å². The first-order chi connectivity index (χ1) is 27.2. The summed E-state index contributed by atoms with van der Waals surface area (Å²) in [5, 5.41) is 7.74. The quantitative estimate of drug-likeness (QED) is 0.172. The van der Waals surface area contributed by atoms with Crippen molar-refractivity contribution in [2.24, 2.45) is 23.2 Å². The maximum absolute atomic E-state index is 14.6. The zero-order valence-electron chi connectivity index (χ0n) is 34.1. The van der Waals surface area contributed by atoms with Gasteiger partial charge < -0.3 is 24.1 Å². The zero-order valence-corrected chi connectivity index (χ0v) is 35.0. The molecule has 8 atom stereocenters. The predicted octanol–water partition coefficient (Wildman–Crippen LogP) is 6.98. The molecule has 3 aromatic heterocycles. The van der Waals surface area contributed by atoms with Crippen LogP contribution >= 0.6 is 11.3 Å². The lowest BCUT2D eigenvalue weighted by atomic mass is 9.84. The number of hydrazine groups is 1. The van der Waals surface area contributed by atoms with E-state index in [1.165, 1.54) is 23.3 Å². The van der Waals surface area contributed by atoms with Crippen LogP contribution in [0.2, 0.25) is 0 Å². The van der Waals surface area contributed by atoms with Crippen molar-refractivity contribution >= 4 is 40.0 Å². The Labute approximate surface area is 337 Å². The third-order valence-corrected chi connectivity index (χ3v) is 12.8. The molecule has 306 valence electrons. The summed E-state index contributed by atoms with van der Waals surface area (Å²) in [4.78, 5) is 51.9. The van der Waals surface area contributed by atoms with Crippen molar-refractivity contribution in [1.29, 1.82) is 0 Å². The number of carbonyl (C=O) groups is 3. The highest BCUT2D eigenvalue weighted by atomic mass is 32.1. The van der Waals surface area contributed by atoms with Crippen LogP contribution in [0.4, 0.5) is 4.39 Å². The standard InChI is InChI=1S/C43H55FN6O6S/c1-9-49-33-15-14-27-18-29(33)30(37(49)28-12-10-16-45-35(28)26(5)54-8)19-43(6,7)22-56-42(53)31-13-11-17-50(48-31)41(52)36(47-39(51)34-24(3)25(34)4)38(55-20-23(2)44)40-46-32(27)21-57-40/h10,12,14-16,18,21,23-26,31,34,36,38,48H,9,11,13,17,19-20,22H2,1-8H3,(H,47,51)/t23-,24-,25+,26+,31+,34+,36+,38+/m1/s1. The lowest BCUT2D eigenvalue weighted by molar-refractivity contribution is -0.157. The van der Waals surface area contributed by atoms with Crippen LogP contribution in [0.1, 0.15) is 89.8 Å². The van der Waals surface area contributed by atoms with Crippen LogP contribution in [0.15, 0.2) is 41.9 Å². The van der Waals surface area contributed by atoms with Crippen LogP contribution in [0.5, 0.6) is 0 Å². The average Bonchev–Trinajstić information content (AvgIpc) is 3.49. The van der Waals surface area contributed by atoms with Gasteiger partial charge in [-0.1, -0.05) is 33.8 Å². The maximum atomic E-state index is 14.6.